The molecular weight excluding hydrogens is 396 g/mol. The number of alkyl halides is 6. The molecule has 0 unspecified atom stereocenters. The molecule has 2 heterocycles. The minimum Gasteiger partial charge on any atom is -0.382 e. The summed E-state index contributed by atoms with van der Waals surface area (Å²) in [5.41, 5.74) is -3.80. The van der Waals surface area contributed by atoms with Crippen LogP contribution in [0.4, 0.5) is 32.0 Å². The van der Waals surface area contributed by atoms with Crippen molar-refractivity contribution in [2.75, 3.05) is 5.32 Å². The maximum Gasteiger partial charge on any atom is 0.433 e. The molecule has 0 spiro atoms. The highest BCUT2D eigenvalue weighted by molar-refractivity contribution is 5.94. The number of piperidine rings is 1. The summed E-state index contributed by atoms with van der Waals surface area (Å²) in [6.07, 6.45) is -8.48. The number of nitrogens with one attached hydrogen (secondary N) is 2. The second kappa shape index (κ2) is 6.75. The molecule has 1 aromatic heterocycles. The van der Waals surface area contributed by atoms with Crippen LogP contribution in [0.15, 0.2) is 24.3 Å². The summed E-state index contributed by atoms with van der Waals surface area (Å²) < 4.78 is 80.3. The Balaban J connectivity index is 2.14. The van der Waals surface area contributed by atoms with Gasteiger partial charge >= 0.3 is 12.4 Å². The van der Waals surface area contributed by atoms with Gasteiger partial charge in [-0.15, -0.1) is 0 Å². The molecule has 0 atom stereocenters. The summed E-state index contributed by atoms with van der Waals surface area (Å²) in [7, 11) is 0. The van der Waals surface area contributed by atoms with Crippen molar-refractivity contribution < 1.29 is 26.3 Å². The fourth-order valence-corrected chi connectivity index (χ4v) is 4.39. The number of aromatic nitrogens is 1. The Hall–Kier alpha value is -2.03. The predicted octanol–water partition coefficient (Wildman–Crippen LogP) is 5.99. The number of nitrogens with zero attached hydrogens (tertiary/aromatic N) is 1. The molecule has 0 bridgehead atoms. The maximum absolute atomic E-state index is 13.4. The predicted molar refractivity (Wildman–Crippen MR) is 99.7 cm³/mol. The molecule has 9 heteroatoms. The zero-order chi connectivity index (χ0) is 21.8. The first-order valence-electron chi connectivity index (χ1n) is 9.21. The van der Waals surface area contributed by atoms with Gasteiger partial charge in [-0.3, -0.25) is 0 Å². The third-order valence-electron chi connectivity index (χ3n) is 4.99. The Morgan fingerprint density at radius 3 is 2.07 bits per heavy atom. The quantitative estimate of drug-likeness (QED) is 0.587. The van der Waals surface area contributed by atoms with E-state index < -0.39 is 29.1 Å². The lowest BCUT2D eigenvalue weighted by Crippen LogP contribution is -2.60. The minimum absolute atomic E-state index is 0.00641. The van der Waals surface area contributed by atoms with Gasteiger partial charge < -0.3 is 10.6 Å². The van der Waals surface area contributed by atoms with Gasteiger partial charge in [0.25, 0.3) is 0 Å². The number of hydrogen-bond donors (Lipinski definition) is 2. The van der Waals surface area contributed by atoms with Crippen molar-refractivity contribution in [3.8, 4) is 0 Å². The summed E-state index contributed by atoms with van der Waals surface area (Å²) in [4.78, 5) is 3.33. The third kappa shape index (κ3) is 4.76. The van der Waals surface area contributed by atoms with Gasteiger partial charge in [-0.25, -0.2) is 4.98 Å². The van der Waals surface area contributed by atoms with Crippen molar-refractivity contribution in [2.45, 2.75) is 70.0 Å². The molecule has 0 aliphatic carbocycles. The number of rotatable bonds is 2. The third-order valence-corrected chi connectivity index (χ3v) is 4.99. The van der Waals surface area contributed by atoms with Gasteiger partial charge in [0.15, 0.2) is 0 Å². The summed E-state index contributed by atoms with van der Waals surface area (Å²) in [5, 5.41) is 6.56. The van der Waals surface area contributed by atoms with Crippen LogP contribution < -0.4 is 10.6 Å². The number of fused-ring (bicyclic) bond motifs is 1. The number of pyridine rings is 1. The van der Waals surface area contributed by atoms with E-state index in [4.69, 9.17) is 0 Å². The zero-order valence-corrected chi connectivity index (χ0v) is 16.5. The van der Waals surface area contributed by atoms with Crippen LogP contribution >= 0.6 is 0 Å². The molecule has 2 N–H and O–H groups in total. The number of halogens is 6. The lowest BCUT2D eigenvalue weighted by molar-refractivity contribution is -0.142. The molecule has 1 aliphatic heterocycles. The van der Waals surface area contributed by atoms with Gasteiger partial charge in [0.1, 0.15) is 5.69 Å². The molecular formula is C20H23F6N3. The molecule has 160 valence electrons. The highest BCUT2D eigenvalue weighted by Gasteiger charge is 2.40. The van der Waals surface area contributed by atoms with E-state index in [2.05, 4.69) is 15.6 Å². The smallest absolute Gasteiger partial charge is 0.382 e. The molecule has 0 radical (unpaired) electrons. The van der Waals surface area contributed by atoms with Crippen LogP contribution in [-0.2, 0) is 12.4 Å². The van der Waals surface area contributed by atoms with Gasteiger partial charge in [0, 0.05) is 28.2 Å². The van der Waals surface area contributed by atoms with E-state index >= 15 is 0 Å². The van der Waals surface area contributed by atoms with Crippen LogP contribution in [0, 0.1) is 0 Å². The second-order valence-corrected chi connectivity index (χ2v) is 8.89. The SMILES string of the molecule is CC1(C)CC(Nc2cc(C(F)(F)F)nc3c(C(F)(F)F)cccc23)CC(C)(C)N1. The van der Waals surface area contributed by atoms with Crippen molar-refractivity contribution in [3.05, 3.63) is 35.5 Å². The van der Waals surface area contributed by atoms with Gasteiger partial charge in [0.05, 0.1) is 11.1 Å². The van der Waals surface area contributed by atoms with E-state index in [-0.39, 0.29) is 28.2 Å². The average molecular weight is 419 g/mol. The molecule has 3 nitrogen and oxygen atoms in total. The summed E-state index contributed by atoms with van der Waals surface area (Å²) in [5.74, 6) is 0. The molecule has 1 fully saturated rings. The summed E-state index contributed by atoms with van der Waals surface area (Å²) in [6.45, 7) is 7.93. The first-order valence-corrected chi connectivity index (χ1v) is 9.21. The Bertz CT molecular complexity index is 899. The maximum atomic E-state index is 13.4. The lowest BCUT2D eigenvalue weighted by Gasteiger charge is -2.47. The van der Waals surface area contributed by atoms with E-state index in [0.29, 0.717) is 12.8 Å². The zero-order valence-electron chi connectivity index (χ0n) is 16.5. The van der Waals surface area contributed by atoms with E-state index in [9.17, 15) is 26.3 Å². The molecule has 1 aromatic carbocycles. The van der Waals surface area contributed by atoms with Crippen molar-refractivity contribution >= 4 is 16.6 Å². The number of hydrogen-bond acceptors (Lipinski definition) is 3. The van der Waals surface area contributed by atoms with E-state index in [1.54, 1.807) is 0 Å². The Labute approximate surface area is 164 Å². The largest absolute Gasteiger partial charge is 0.433 e. The van der Waals surface area contributed by atoms with Crippen LogP contribution in [0.2, 0.25) is 0 Å². The monoisotopic (exact) mass is 419 g/mol. The first kappa shape index (κ1) is 21.7. The van der Waals surface area contributed by atoms with Crippen LogP contribution in [0.5, 0.6) is 0 Å². The number of benzene rings is 1. The van der Waals surface area contributed by atoms with Crippen molar-refractivity contribution in [3.63, 3.8) is 0 Å². The van der Waals surface area contributed by atoms with Crippen molar-refractivity contribution in [1.82, 2.24) is 10.3 Å². The Kier molecular flexibility index (Phi) is 5.05. The summed E-state index contributed by atoms with van der Waals surface area (Å²) in [6, 6.07) is 3.86. The lowest BCUT2D eigenvalue weighted by atomic mass is 9.79. The first-order chi connectivity index (χ1) is 13.1. The number of anilines is 1. The van der Waals surface area contributed by atoms with Crippen molar-refractivity contribution in [1.29, 1.82) is 0 Å². The van der Waals surface area contributed by atoms with Gasteiger partial charge in [-0.05, 0) is 52.7 Å². The van der Waals surface area contributed by atoms with Crippen LogP contribution in [0.3, 0.4) is 0 Å². The molecule has 29 heavy (non-hydrogen) atoms. The molecule has 1 aliphatic rings. The highest BCUT2D eigenvalue weighted by Crippen LogP contribution is 2.40. The fraction of sp³-hybridized carbons (Fsp3) is 0.550. The molecule has 2 aromatic rings. The standard InChI is InChI=1S/C20H23F6N3/c1-17(2)9-11(10-18(3,4)29-17)27-14-8-15(20(24,25)26)28-16-12(14)6-5-7-13(16)19(21,22)23/h5-8,11,29H,9-10H2,1-4H3,(H,27,28). The summed E-state index contributed by atoms with van der Waals surface area (Å²) >= 11 is 0. The highest BCUT2D eigenvalue weighted by atomic mass is 19.4. The molecule has 0 saturated carbocycles. The Morgan fingerprint density at radius 2 is 1.55 bits per heavy atom. The molecule has 3 rings (SSSR count). The average Bonchev–Trinajstić information content (AvgIpc) is 2.49. The minimum atomic E-state index is -4.87. The molecule has 1 saturated heterocycles. The Morgan fingerprint density at radius 1 is 0.966 bits per heavy atom. The number of para-hydroxylation sites is 1. The van der Waals surface area contributed by atoms with Crippen molar-refractivity contribution in [2.24, 2.45) is 0 Å². The second-order valence-electron chi connectivity index (χ2n) is 8.89. The van der Waals surface area contributed by atoms with Crippen LogP contribution in [-0.4, -0.2) is 22.1 Å². The van der Waals surface area contributed by atoms with Gasteiger partial charge in [-0.1, -0.05) is 12.1 Å². The topological polar surface area (TPSA) is 37.0 Å². The van der Waals surface area contributed by atoms with E-state index in [0.717, 1.165) is 12.1 Å². The van der Waals surface area contributed by atoms with Crippen LogP contribution in [0.25, 0.3) is 10.9 Å². The van der Waals surface area contributed by atoms with Gasteiger partial charge in [0.2, 0.25) is 0 Å². The van der Waals surface area contributed by atoms with Crippen LogP contribution in [0.1, 0.15) is 51.8 Å². The van der Waals surface area contributed by atoms with Gasteiger partial charge in [-0.2, -0.15) is 26.3 Å². The fourth-order valence-electron chi connectivity index (χ4n) is 4.39. The molecule has 0 amide bonds. The normalized spacial score (nSPS) is 20.1. The van der Waals surface area contributed by atoms with E-state index in [1.165, 1.54) is 12.1 Å². The van der Waals surface area contributed by atoms with E-state index in [1.807, 2.05) is 27.7 Å².